The molecule has 0 N–H and O–H groups in total. The molecule has 0 spiro atoms. The van der Waals surface area contributed by atoms with Gasteiger partial charge in [-0.15, -0.1) is 0 Å². The molecule has 2 heterocycles. The van der Waals surface area contributed by atoms with Crippen molar-refractivity contribution in [1.29, 1.82) is 0 Å². The molecular formula is C27H36O5. The van der Waals surface area contributed by atoms with Gasteiger partial charge >= 0.3 is 11.9 Å². The van der Waals surface area contributed by atoms with Crippen molar-refractivity contribution in [3.63, 3.8) is 0 Å². The second-order valence-electron chi connectivity index (χ2n) is 8.65. The summed E-state index contributed by atoms with van der Waals surface area (Å²) in [5, 5.41) is 0. The quantitative estimate of drug-likeness (QED) is 0.259. The summed E-state index contributed by atoms with van der Waals surface area (Å²) in [4.78, 5) is 23.1. The van der Waals surface area contributed by atoms with Gasteiger partial charge in [0.15, 0.2) is 11.5 Å². The number of esters is 2. The minimum atomic E-state index is -0.461. The van der Waals surface area contributed by atoms with E-state index in [1.165, 1.54) is 23.6 Å². The number of rotatable bonds is 12. The first kappa shape index (κ1) is 25.4. The van der Waals surface area contributed by atoms with E-state index < -0.39 is 11.9 Å². The van der Waals surface area contributed by atoms with Gasteiger partial charge in [0, 0.05) is 6.92 Å². The Labute approximate surface area is 191 Å². The Hall–Kier alpha value is -2.82. The molecule has 1 aromatic rings. The first-order valence-corrected chi connectivity index (χ1v) is 11.4. The monoisotopic (exact) mass is 440 g/mol. The molecule has 1 aliphatic heterocycles. The predicted octanol–water partition coefficient (Wildman–Crippen LogP) is 6.97. The Morgan fingerprint density at radius 3 is 2.53 bits per heavy atom. The van der Waals surface area contributed by atoms with Gasteiger partial charge in [0.25, 0.3) is 0 Å². The zero-order valence-electron chi connectivity index (χ0n) is 20.0. The molecule has 2 rings (SSSR count). The fraction of sp³-hybridized carbons (Fsp3) is 0.481. The van der Waals surface area contributed by atoms with Crippen LogP contribution in [-0.2, 0) is 25.5 Å². The van der Waals surface area contributed by atoms with Gasteiger partial charge in [-0.25, -0.2) is 4.79 Å². The van der Waals surface area contributed by atoms with Crippen LogP contribution in [-0.4, -0.2) is 11.9 Å². The lowest BCUT2D eigenvalue weighted by atomic mass is 10.0. The van der Waals surface area contributed by atoms with E-state index in [1.54, 1.807) is 13.2 Å². The van der Waals surface area contributed by atoms with Crippen molar-refractivity contribution < 1.29 is 23.5 Å². The van der Waals surface area contributed by atoms with E-state index >= 15 is 0 Å². The highest BCUT2D eigenvalue weighted by molar-refractivity contribution is 5.94. The molecule has 5 heteroatoms. The number of ether oxygens (including phenoxy) is 2. The van der Waals surface area contributed by atoms with Gasteiger partial charge in [-0.3, -0.25) is 4.79 Å². The highest BCUT2D eigenvalue weighted by atomic mass is 16.6. The molecule has 5 nitrogen and oxygen atoms in total. The minimum Gasteiger partial charge on any atom is -0.472 e. The van der Waals surface area contributed by atoms with E-state index in [4.69, 9.17) is 13.9 Å². The summed E-state index contributed by atoms with van der Waals surface area (Å²) in [6.07, 6.45) is 17.4. The molecule has 32 heavy (non-hydrogen) atoms. The summed E-state index contributed by atoms with van der Waals surface area (Å²) >= 11 is 0. The Morgan fingerprint density at radius 2 is 1.84 bits per heavy atom. The molecule has 0 aromatic carbocycles. The molecule has 174 valence electrons. The summed E-state index contributed by atoms with van der Waals surface area (Å²) < 4.78 is 15.5. The zero-order valence-corrected chi connectivity index (χ0v) is 20.0. The van der Waals surface area contributed by atoms with Crippen molar-refractivity contribution in [2.24, 2.45) is 5.92 Å². The van der Waals surface area contributed by atoms with Crippen LogP contribution in [0.1, 0.15) is 78.7 Å². The standard InChI is InChI=1S/C27H36O5/c1-19(9-6-10-20(2)12-8-14-24-15-16-30-18-24)11-7-13-21(3)17-25-26(31-23(5)28)22(4)27(29)32-25/h10-11,15-18,21H,6-9,12-14H2,1-5H3/b19-11-,20-10-,25-17-. The highest BCUT2D eigenvalue weighted by Gasteiger charge is 2.29. The van der Waals surface area contributed by atoms with Crippen molar-refractivity contribution in [2.75, 3.05) is 0 Å². The largest absolute Gasteiger partial charge is 0.472 e. The van der Waals surface area contributed by atoms with Crippen LogP contribution in [0.15, 0.2) is 69.5 Å². The van der Waals surface area contributed by atoms with Gasteiger partial charge in [-0.1, -0.05) is 30.2 Å². The molecule has 1 unspecified atom stereocenters. The summed E-state index contributed by atoms with van der Waals surface area (Å²) in [5.41, 5.74) is 4.43. The Balaban J connectivity index is 1.72. The maximum Gasteiger partial charge on any atom is 0.343 e. The normalized spacial score (nSPS) is 17.2. The van der Waals surface area contributed by atoms with Gasteiger partial charge in [-0.2, -0.15) is 0 Å². The van der Waals surface area contributed by atoms with E-state index in [0.29, 0.717) is 11.3 Å². The maximum atomic E-state index is 11.8. The van der Waals surface area contributed by atoms with E-state index in [-0.39, 0.29) is 11.7 Å². The second kappa shape index (κ2) is 12.9. The smallest absolute Gasteiger partial charge is 0.343 e. The number of hydrogen-bond donors (Lipinski definition) is 0. The van der Waals surface area contributed by atoms with Crippen molar-refractivity contribution in [1.82, 2.24) is 0 Å². The van der Waals surface area contributed by atoms with Gasteiger partial charge in [0.05, 0.1) is 18.1 Å². The third-order valence-corrected chi connectivity index (χ3v) is 5.52. The molecule has 1 aliphatic rings. The Bertz CT molecular complexity index is 896. The second-order valence-corrected chi connectivity index (χ2v) is 8.65. The molecule has 0 bridgehead atoms. The van der Waals surface area contributed by atoms with Crippen LogP contribution in [0, 0.1) is 5.92 Å². The lowest BCUT2D eigenvalue weighted by molar-refractivity contribution is -0.137. The predicted molar refractivity (Wildman–Crippen MR) is 125 cm³/mol. The number of hydrogen-bond acceptors (Lipinski definition) is 5. The summed E-state index contributed by atoms with van der Waals surface area (Å²) in [5.74, 6) is -0.134. The molecule has 0 radical (unpaired) electrons. The number of furan rings is 1. The first-order valence-electron chi connectivity index (χ1n) is 11.4. The van der Waals surface area contributed by atoms with Crippen LogP contribution < -0.4 is 0 Å². The van der Waals surface area contributed by atoms with Crippen molar-refractivity contribution in [3.05, 3.63) is 70.6 Å². The molecule has 0 fully saturated rings. The number of carbonyl (C=O) groups excluding carboxylic acids is 2. The Kier molecular flexibility index (Phi) is 10.3. The van der Waals surface area contributed by atoms with Gasteiger partial charge < -0.3 is 13.9 Å². The van der Waals surface area contributed by atoms with E-state index in [0.717, 1.165) is 44.9 Å². The number of allylic oxidation sites excluding steroid dienone is 5. The van der Waals surface area contributed by atoms with Crippen LogP contribution in [0.3, 0.4) is 0 Å². The fourth-order valence-electron chi connectivity index (χ4n) is 3.57. The molecular weight excluding hydrogens is 404 g/mol. The lowest BCUT2D eigenvalue weighted by Gasteiger charge is -2.09. The molecule has 0 aliphatic carbocycles. The van der Waals surface area contributed by atoms with Crippen LogP contribution in [0.2, 0.25) is 0 Å². The van der Waals surface area contributed by atoms with Crippen molar-refractivity contribution >= 4 is 11.9 Å². The summed E-state index contributed by atoms with van der Waals surface area (Å²) in [6, 6.07) is 2.03. The van der Waals surface area contributed by atoms with E-state index in [2.05, 4.69) is 32.9 Å². The molecule has 1 aromatic heterocycles. The van der Waals surface area contributed by atoms with Gasteiger partial charge in [0.1, 0.15) is 0 Å². The van der Waals surface area contributed by atoms with Crippen LogP contribution in [0.4, 0.5) is 0 Å². The van der Waals surface area contributed by atoms with Crippen LogP contribution in [0.5, 0.6) is 0 Å². The number of aryl methyl sites for hydroxylation is 1. The van der Waals surface area contributed by atoms with Gasteiger partial charge in [-0.05, 0) is 89.3 Å². The van der Waals surface area contributed by atoms with E-state index in [1.807, 2.05) is 18.4 Å². The number of carbonyl (C=O) groups is 2. The first-order chi connectivity index (χ1) is 15.3. The number of cyclic esters (lactones) is 1. The average Bonchev–Trinajstić information content (AvgIpc) is 3.32. The Morgan fingerprint density at radius 1 is 1.12 bits per heavy atom. The summed E-state index contributed by atoms with van der Waals surface area (Å²) in [6.45, 7) is 9.37. The third-order valence-electron chi connectivity index (χ3n) is 5.52. The maximum absolute atomic E-state index is 11.8. The zero-order chi connectivity index (χ0) is 23.5. The molecule has 1 atom stereocenters. The SMILES string of the molecule is CC(=O)OC1=C(C)C(=O)O/C1=C\C(C)CC/C=C(/C)CC/C=C(/C)CCCc1ccoc1. The van der Waals surface area contributed by atoms with E-state index in [9.17, 15) is 9.59 Å². The highest BCUT2D eigenvalue weighted by Crippen LogP contribution is 2.29. The third kappa shape index (κ3) is 8.74. The minimum absolute atomic E-state index is 0.190. The lowest BCUT2D eigenvalue weighted by Crippen LogP contribution is -2.02. The molecule has 0 saturated carbocycles. The average molecular weight is 441 g/mol. The van der Waals surface area contributed by atoms with Crippen LogP contribution in [0.25, 0.3) is 0 Å². The van der Waals surface area contributed by atoms with Crippen molar-refractivity contribution in [2.45, 2.75) is 79.6 Å². The molecule has 0 amide bonds. The molecule has 0 saturated heterocycles. The fourth-order valence-corrected chi connectivity index (χ4v) is 3.57. The van der Waals surface area contributed by atoms with Crippen LogP contribution >= 0.6 is 0 Å². The topological polar surface area (TPSA) is 65.7 Å². The summed E-state index contributed by atoms with van der Waals surface area (Å²) in [7, 11) is 0. The van der Waals surface area contributed by atoms with Gasteiger partial charge in [0.2, 0.25) is 0 Å². The van der Waals surface area contributed by atoms with Crippen molar-refractivity contribution in [3.8, 4) is 0 Å².